The van der Waals surface area contributed by atoms with Crippen LogP contribution >= 0.6 is 0 Å². The summed E-state index contributed by atoms with van der Waals surface area (Å²) < 4.78 is 32.5. The summed E-state index contributed by atoms with van der Waals surface area (Å²) in [4.78, 5) is 18.1. The maximum atomic E-state index is 12.2. The van der Waals surface area contributed by atoms with Crippen molar-refractivity contribution in [1.29, 1.82) is 0 Å². The number of hydrogen-bond acceptors (Lipinski definition) is 5. The second kappa shape index (κ2) is 11.6. The van der Waals surface area contributed by atoms with E-state index >= 15 is 0 Å². The van der Waals surface area contributed by atoms with Gasteiger partial charge in [0.1, 0.15) is 0 Å². The van der Waals surface area contributed by atoms with Gasteiger partial charge in [0.25, 0.3) is 0 Å². The average molecular weight is 420 g/mol. The van der Waals surface area contributed by atoms with Crippen LogP contribution in [0.15, 0.2) is 4.99 Å². The number of likely N-dealkylation sites (N-methyl/N-ethyl adjacent to an activating group) is 1. The predicted octanol–water partition coefficient (Wildman–Crippen LogP) is 0.287. The van der Waals surface area contributed by atoms with E-state index in [9.17, 15) is 13.2 Å². The molecule has 1 aliphatic heterocycles. The highest BCUT2D eigenvalue weighted by atomic mass is 32.2. The molecule has 0 aromatic rings. The number of hydrogen-bond donors (Lipinski definition) is 3. The van der Waals surface area contributed by atoms with Gasteiger partial charge in [0.15, 0.2) is 5.96 Å². The SMILES string of the molecule is CCNC(=NCCS(=O)(=O)NCC1CCCCO1)N(C)CC(=O)NC(C)(C)C. The van der Waals surface area contributed by atoms with Crippen molar-refractivity contribution in [2.75, 3.05) is 45.6 Å². The van der Waals surface area contributed by atoms with Crippen molar-refractivity contribution in [3.8, 4) is 0 Å². The summed E-state index contributed by atoms with van der Waals surface area (Å²) >= 11 is 0. The Balaban J connectivity index is 2.51. The summed E-state index contributed by atoms with van der Waals surface area (Å²) in [5, 5.41) is 5.98. The largest absolute Gasteiger partial charge is 0.377 e. The van der Waals surface area contributed by atoms with Crippen LogP contribution in [0.25, 0.3) is 0 Å². The van der Waals surface area contributed by atoms with Crippen molar-refractivity contribution >= 4 is 21.9 Å². The lowest BCUT2D eigenvalue weighted by Crippen LogP contribution is -2.49. The van der Waals surface area contributed by atoms with Gasteiger partial charge >= 0.3 is 0 Å². The van der Waals surface area contributed by atoms with Crippen molar-refractivity contribution in [3.63, 3.8) is 0 Å². The smallest absolute Gasteiger partial charge is 0.240 e. The Kier molecular flexibility index (Phi) is 10.2. The summed E-state index contributed by atoms with van der Waals surface area (Å²) in [5.41, 5.74) is -0.310. The zero-order chi connectivity index (χ0) is 21.2. The van der Waals surface area contributed by atoms with Crippen LogP contribution in [-0.4, -0.2) is 82.4 Å². The molecule has 1 fully saturated rings. The zero-order valence-corrected chi connectivity index (χ0v) is 18.7. The van der Waals surface area contributed by atoms with Crippen molar-refractivity contribution in [1.82, 2.24) is 20.3 Å². The Morgan fingerprint density at radius 2 is 2.00 bits per heavy atom. The third-order valence-electron chi connectivity index (χ3n) is 4.02. The quantitative estimate of drug-likeness (QED) is 0.366. The normalized spacial score (nSPS) is 18.6. The molecule has 0 aliphatic carbocycles. The molecule has 164 valence electrons. The first-order valence-electron chi connectivity index (χ1n) is 9.92. The Morgan fingerprint density at radius 1 is 1.29 bits per heavy atom. The number of nitrogens with one attached hydrogen (secondary N) is 3. The summed E-state index contributed by atoms with van der Waals surface area (Å²) in [5.74, 6) is 0.260. The number of rotatable bonds is 9. The topological polar surface area (TPSA) is 112 Å². The van der Waals surface area contributed by atoms with Crippen molar-refractivity contribution in [2.24, 2.45) is 4.99 Å². The minimum atomic E-state index is -3.43. The van der Waals surface area contributed by atoms with Crippen LogP contribution in [-0.2, 0) is 19.6 Å². The fraction of sp³-hybridized carbons (Fsp3) is 0.889. The van der Waals surface area contributed by atoms with E-state index in [0.29, 0.717) is 25.7 Å². The summed E-state index contributed by atoms with van der Waals surface area (Å²) in [6, 6.07) is 0. The highest BCUT2D eigenvalue weighted by molar-refractivity contribution is 7.89. The predicted molar refractivity (Wildman–Crippen MR) is 112 cm³/mol. The Labute approximate surface area is 169 Å². The van der Waals surface area contributed by atoms with Crippen molar-refractivity contribution in [3.05, 3.63) is 0 Å². The number of nitrogens with zero attached hydrogens (tertiary/aromatic N) is 2. The van der Waals surface area contributed by atoms with E-state index in [4.69, 9.17) is 4.74 Å². The molecular weight excluding hydrogens is 382 g/mol. The first-order valence-corrected chi connectivity index (χ1v) is 11.6. The van der Waals surface area contributed by atoms with E-state index in [1.807, 2.05) is 27.7 Å². The highest BCUT2D eigenvalue weighted by Gasteiger charge is 2.19. The summed E-state index contributed by atoms with van der Waals surface area (Å²) in [7, 11) is -1.68. The first-order chi connectivity index (χ1) is 13.0. The van der Waals surface area contributed by atoms with Gasteiger partial charge in [-0.2, -0.15) is 0 Å². The standard InChI is InChI=1S/C18H37N5O4S/c1-6-19-17(23(5)14-16(24)22-18(2,3)4)20-10-12-28(25,26)21-13-15-9-7-8-11-27-15/h15,21H,6-14H2,1-5H3,(H,19,20)(H,22,24). The third kappa shape index (κ3) is 10.8. The highest BCUT2D eigenvalue weighted by Crippen LogP contribution is 2.11. The fourth-order valence-corrected chi connectivity index (χ4v) is 3.67. The lowest BCUT2D eigenvalue weighted by Gasteiger charge is -2.25. The van der Waals surface area contributed by atoms with Crippen LogP contribution in [0, 0.1) is 0 Å². The average Bonchev–Trinajstić information content (AvgIpc) is 2.58. The summed E-state index contributed by atoms with van der Waals surface area (Å²) in [6.07, 6.45) is 2.94. The van der Waals surface area contributed by atoms with E-state index in [0.717, 1.165) is 19.3 Å². The second-order valence-corrected chi connectivity index (χ2v) is 9.97. The molecule has 1 rings (SSSR count). The lowest BCUT2D eigenvalue weighted by atomic mass is 10.1. The molecule has 0 spiro atoms. The van der Waals surface area contributed by atoms with Gasteiger partial charge in [-0.05, 0) is 47.0 Å². The number of aliphatic imine (C=N–C) groups is 1. The number of ether oxygens (including phenoxy) is 1. The van der Waals surface area contributed by atoms with Crippen LogP contribution in [0.4, 0.5) is 0 Å². The van der Waals surface area contributed by atoms with Gasteiger partial charge in [-0.3, -0.25) is 9.79 Å². The number of amides is 1. The van der Waals surface area contributed by atoms with Gasteiger partial charge < -0.3 is 20.3 Å². The third-order valence-corrected chi connectivity index (χ3v) is 5.34. The van der Waals surface area contributed by atoms with Crippen LogP contribution in [0.3, 0.4) is 0 Å². The molecule has 1 unspecified atom stereocenters. The fourth-order valence-electron chi connectivity index (χ4n) is 2.75. The number of sulfonamides is 1. The van der Waals surface area contributed by atoms with E-state index in [-0.39, 0.29) is 36.4 Å². The molecule has 10 heteroatoms. The van der Waals surface area contributed by atoms with E-state index in [1.165, 1.54) is 0 Å². The molecular formula is C18H37N5O4S. The van der Waals surface area contributed by atoms with Crippen molar-refractivity contribution in [2.45, 2.75) is 58.6 Å². The number of guanidine groups is 1. The lowest BCUT2D eigenvalue weighted by molar-refractivity contribution is -0.122. The molecule has 0 radical (unpaired) electrons. The Hall–Kier alpha value is -1.39. The molecule has 1 amide bonds. The molecule has 0 bridgehead atoms. The maximum Gasteiger partial charge on any atom is 0.240 e. The van der Waals surface area contributed by atoms with Crippen LogP contribution < -0.4 is 15.4 Å². The molecule has 9 nitrogen and oxygen atoms in total. The molecule has 1 atom stereocenters. The number of carbonyl (C=O) groups is 1. The van der Waals surface area contributed by atoms with Gasteiger partial charge in [0, 0.05) is 32.3 Å². The van der Waals surface area contributed by atoms with E-state index < -0.39 is 10.0 Å². The Bertz CT molecular complexity index is 610. The van der Waals surface area contributed by atoms with Crippen LogP contribution in [0.2, 0.25) is 0 Å². The minimum absolute atomic E-state index is 0.0446. The maximum absolute atomic E-state index is 12.2. The van der Waals surface area contributed by atoms with Gasteiger partial charge in [0.05, 0.1) is 24.9 Å². The molecule has 3 N–H and O–H groups in total. The Morgan fingerprint density at radius 3 is 2.57 bits per heavy atom. The first kappa shape index (κ1) is 24.6. The molecule has 1 aliphatic rings. The van der Waals surface area contributed by atoms with E-state index in [1.54, 1.807) is 11.9 Å². The van der Waals surface area contributed by atoms with Gasteiger partial charge in [0.2, 0.25) is 15.9 Å². The van der Waals surface area contributed by atoms with Gasteiger partial charge in [-0.1, -0.05) is 0 Å². The monoisotopic (exact) mass is 419 g/mol. The number of carbonyl (C=O) groups excluding carboxylic acids is 1. The van der Waals surface area contributed by atoms with Gasteiger partial charge in [-0.25, -0.2) is 13.1 Å². The molecule has 28 heavy (non-hydrogen) atoms. The molecule has 0 saturated carbocycles. The van der Waals surface area contributed by atoms with Crippen LogP contribution in [0.5, 0.6) is 0 Å². The summed E-state index contributed by atoms with van der Waals surface area (Å²) in [6.45, 7) is 9.52. The molecule has 1 saturated heterocycles. The minimum Gasteiger partial charge on any atom is -0.377 e. The van der Waals surface area contributed by atoms with Gasteiger partial charge in [-0.15, -0.1) is 0 Å². The second-order valence-electron chi connectivity index (χ2n) is 8.05. The van der Waals surface area contributed by atoms with E-state index in [2.05, 4.69) is 20.3 Å². The van der Waals surface area contributed by atoms with Crippen molar-refractivity contribution < 1.29 is 17.9 Å². The molecule has 0 aromatic carbocycles. The molecule has 1 heterocycles. The zero-order valence-electron chi connectivity index (χ0n) is 17.9. The molecule has 0 aromatic heterocycles. The van der Waals surface area contributed by atoms with Crippen LogP contribution in [0.1, 0.15) is 47.0 Å².